The van der Waals surface area contributed by atoms with Crippen LogP contribution in [0.15, 0.2) is 29.2 Å². The van der Waals surface area contributed by atoms with Crippen LogP contribution in [0.1, 0.15) is 31.9 Å². The Morgan fingerprint density at radius 3 is 2.14 bits per heavy atom. The lowest BCUT2D eigenvalue weighted by Crippen LogP contribution is -2.31. The van der Waals surface area contributed by atoms with E-state index in [1.165, 1.54) is 14.1 Å². The molecule has 2 atom stereocenters. The normalized spacial score (nSPS) is 14.1. The van der Waals surface area contributed by atoms with Crippen LogP contribution >= 0.6 is 12.4 Å². The van der Waals surface area contributed by atoms with Crippen LogP contribution in [0, 0.1) is 0 Å². The summed E-state index contributed by atoms with van der Waals surface area (Å²) in [6.45, 7) is 3.61. The third kappa shape index (κ3) is 5.57. The molecular weight excluding hydrogens is 326 g/mol. The average Bonchev–Trinajstić information content (AvgIpc) is 2.37. The zero-order valence-corrected chi connectivity index (χ0v) is 14.9. The Morgan fingerprint density at radius 1 is 1.23 bits per heavy atom. The highest BCUT2D eigenvalue weighted by Crippen LogP contribution is 2.18. The first-order chi connectivity index (χ1) is 9.64. The molecule has 6 nitrogen and oxygen atoms in total. The molecule has 2 unspecified atom stereocenters. The lowest BCUT2D eigenvalue weighted by Gasteiger charge is -2.16. The predicted molar refractivity (Wildman–Crippen MR) is 89.4 cm³/mol. The van der Waals surface area contributed by atoms with Gasteiger partial charge in [-0.3, -0.25) is 4.79 Å². The van der Waals surface area contributed by atoms with Crippen molar-refractivity contribution >= 4 is 28.3 Å². The van der Waals surface area contributed by atoms with Crippen LogP contribution in [0.2, 0.25) is 0 Å². The van der Waals surface area contributed by atoms with E-state index in [-0.39, 0.29) is 41.7 Å². The quantitative estimate of drug-likeness (QED) is 0.809. The Labute approximate surface area is 138 Å². The molecule has 0 aliphatic heterocycles. The molecule has 0 fully saturated rings. The van der Waals surface area contributed by atoms with Gasteiger partial charge < -0.3 is 11.1 Å². The number of nitrogens with one attached hydrogen (secondary N) is 1. The first-order valence-electron chi connectivity index (χ1n) is 6.72. The largest absolute Gasteiger partial charge is 0.350 e. The van der Waals surface area contributed by atoms with E-state index < -0.39 is 10.0 Å². The molecule has 0 aromatic heterocycles. The minimum atomic E-state index is -3.43. The molecule has 1 rings (SSSR count). The lowest BCUT2D eigenvalue weighted by atomic mass is 10.1. The fourth-order valence-electron chi connectivity index (χ4n) is 1.82. The molecule has 126 valence electrons. The molecule has 0 radical (unpaired) electrons. The fraction of sp³-hybridized carbons (Fsp3) is 0.500. The van der Waals surface area contributed by atoms with Gasteiger partial charge in [0.05, 0.1) is 10.9 Å². The van der Waals surface area contributed by atoms with E-state index >= 15 is 0 Å². The third-order valence-electron chi connectivity index (χ3n) is 3.04. The summed E-state index contributed by atoms with van der Waals surface area (Å²) in [4.78, 5) is 11.9. The maximum atomic E-state index is 12.0. The topological polar surface area (TPSA) is 92.5 Å². The SMILES string of the molecule is CC(N)CC(=O)NC(C)c1ccc(S(=O)(=O)N(C)C)cc1.Cl. The second kappa shape index (κ2) is 8.47. The number of nitrogens with zero attached hydrogens (tertiary/aromatic N) is 1. The van der Waals surface area contributed by atoms with E-state index in [0.29, 0.717) is 0 Å². The lowest BCUT2D eigenvalue weighted by molar-refractivity contribution is -0.122. The van der Waals surface area contributed by atoms with E-state index in [9.17, 15) is 13.2 Å². The van der Waals surface area contributed by atoms with Crippen LogP contribution in [-0.2, 0) is 14.8 Å². The Bertz CT molecular complexity index is 586. The Hall–Kier alpha value is -1.15. The number of sulfonamides is 1. The Morgan fingerprint density at radius 2 is 1.73 bits per heavy atom. The summed E-state index contributed by atoms with van der Waals surface area (Å²) in [5.74, 6) is -0.123. The molecule has 22 heavy (non-hydrogen) atoms. The molecule has 8 heteroatoms. The van der Waals surface area contributed by atoms with Gasteiger partial charge in [0.1, 0.15) is 0 Å². The summed E-state index contributed by atoms with van der Waals surface area (Å²) in [5.41, 5.74) is 6.41. The van der Waals surface area contributed by atoms with Crippen LogP contribution in [0.4, 0.5) is 0 Å². The van der Waals surface area contributed by atoms with Crippen molar-refractivity contribution in [1.29, 1.82) is 0 Å². The van der Waals surface area contributed by atoms with E-state index in [1.807, 2.05) is 6.92 Å². The van der Waals surface area contributed by atoms with Crippen LogP contribution < -0.4 is 11.1 Å². The van der Waals surface area contributed by atoms with Crippen molar-refractivity contribution in [2.75, 3.05) is 14.1 Å². The third-order valence-corrected chi connectivity index (χ3v) is 4.87. The predicted octanol–water partition coefficient (Wildman–Crippen LogP) is 1.27. The fourth-order valence-corrected chi connectivity index (χ4v) is 2.72. The molecule has 1 amide bonds. The number of halogens is 1. The zero-order valence-electron chi connectivity index (χ0n) is 13.2. The first-order valence-corrected chi connectivity index (χ1v) is 8.16. The number of hydrogen-bond donors (Lipinski definition) is 2. The Kier molecular flexibility index (Phi) is 8.03. The van der Waals surface area contributed by atoms with Crippen molar-refractivity contribution in [2.45, 2.75) is 37.2 Å². The monoisotopic (exact) mass is 349 g/mol. The molecular formula is C14H24ClN3O3S. The summed E-state index contributed by atoms with van der Waals surface area (Å²) in [6, 6.07) is 6.09. The van der Waals surface area contributed by atoms with Crippen molar-refractivity contribution in [3.63, 3.8) is 0 Å². The van der Waals surface area contributed by atoms with Gasteiger partial charge >= 0.3 is 0 Å². The van der Waals surface area contributed by atoms with Crippen LogP contribution in [0.25, 0.3) is 0 Å². The molecule has 1 aromatic carbocycles. The molecule has 0 heterocycles. The standard InChI is InChI=1S/C14H23N3O3S.ClH/c1-10(15)9-14(18)16-11(2)12-5-7-13(8-6-12)21(19,20)17(3)4;/h5-8,10-11H,9,15H2,1-4H3,(H,16,18);1H. The van der Waals surface area contributed by atoms with Gasteiger partial charge in [0.15, 0.2) is 0 Å². The second-order valence-electron chi connectivity index (χ2n) is 5.33. The van der Waals surface area contributed by atoms with E-state index in [0.717, 1.165) is 9.87 Å². The van der Waals surface area contributed by atoms with E-state index in [2.05, 4.69) is 5.32 Å². The van der Waals surface area contributed by atoms with Crippen molar-refractivity contribution in [1.82, 2.24) is 9.62 Å². The molecule has 0 aliphatic rings. The molecule has 0 saturated heterocycles. The van der Waals surface area contributed by atoms with E-state index in [1.54, 1.807) is 31.2 Å². The van der Waals surface area contributed by atoms with Crippen molar-refractivity contribution in [3.8, 4) is 0 Å². The minimum Gasteiger partial charge on any atom is -0.350 e. The molecule has 0 spiro atoms. The minimum absolute atomic E-state index is 0. The Balaban J connectivity index is 0.00000441. The highest BCUT2D eigenvalue weighted by molar-refractivity contribution is 7.89. The summed E-state index contributed by atoms with van der Waals surface area (Å²) >= 11 is 0. The summed E-state index contributed by atoms with van der Waals surface area (Å²) in [5, 5.41) is 2.83. The van der Waals surface area contributed by atoms with Crippen molar-refractivity contribution < 1.29 is 13.2 Å². The highest BCUT2D eigenvalue weighted by Gasteiger charge is 2.17. The van der Waals surface area contributed by atoms with Crippen LogP contribution in [0.5, 0.6) is 0 Å². The number of amides is 1. The van der Waals surface area contributed by atoms with Gasteiger partial charge in [0.2, 0.25) is 15.9 Å². The van der Waals surface area contributed by atoms with Gasteiger partial charge in [-0.15, -0.1) is 12.4 Å². The maximum absolute atomic E-state index is 12.0. The smallest absolute Gasteiger partial charge is 0.242 e. The van der Waals surface area contributed by atoms with Crippen molar-refractivity contribution in [3.05, 3.63) is 29.8 Å². The molecule has 0 bridgehead atoms. The van der Waals surface area contributed by atoms with Crippen LogP contribution in [0.3, 0.4) is 0 Å². The number of hydrogen-bond acceptors (Lipinski definition) is 4. The van der Waals surface area contributed by atoms with Crippen molar-refractivity contribution in [2.24, 2.45) is 5.73 Å². The van der Waals surface area contributed by atoms with Gasteiger partial charge in [-0.2, -0.15) is 0 Å². The van der Waals surface area contributed by atoms with Gasteiger partial charge in [0, 0.05) is 26.6 Å². The number of rotatable bonds is 6. The second-order valence-corrected chi connectivity index (χ2v) is 7.48. The van der Waals surface area contributed by atoms with Gasteiger partial charge in [0.25, 0.3) is 0 Å². The molecule has 3 N–H and O–H groups in total. The number of nitrogens with two attached hydrogens (primary N) is 1. The molecule has 0 saturated carbocycles. The van der Waals surface area contributed by atoms with Gasteiger partial charge in [-0.1, -0.05) is 12.1 Å². The van der Waals surface area contributed by atoms with E-state index in [4.69, 9.17) is 5.73 Å². The average molecular weight is 350 g/mol. The summed E-state index contributed by atoms with van der Waals surface area (Å²) < 4.78 is 25.1. The number of carbonyl (C=O) groups is 1. The molecule has 1 aromatic rings. The van der Waals surface area contributed by atoms with Gasteiger partial charge in [-0.25, -0.2) is 12.7 Å². The van der Waals surface area contributed by atoms with Crippen LogP contribution in [-0.4, -0.2) is 38.8 Å². The summed E-state index contributed by atoms with van der Waals surface area (Å²) in [6.07, 6.45) is 0.261. The number of benzene rings is 1. The number of carbonyl (C=O) groups excluding carboxylic acids is 1. The maximum Gasteiger partial charge on any atom is 0.242 e. The summed E-state index contributed by atoms with van der Waals surface area (Å²) in [7, 11) is -0.456. The zero-order chi connectivity index (χ0) is 16.2. The first kappa shape index (κ1) is 20.9. The molecule has 0 aliphatic carbocycles. The highest BCUT2D eigenvalue weighted by atomic mass is 35.5. The van der Waals surface area contributed by atoms with Gasteiger partial charge in [-0.05, 0) is 31.5 Å².